The van der Waals surface area contributed by atoms with E-state index in [9.17, 15) is 17.6 Å². The Labute approximate surface area is 188 Å². The van der Waals surface area contributed by atoms with Gasteiger partial charge >= 0.3 is 0 Å². The molecule has 1 aromatic carbocycles. The van der Waals surface area contributed by atoms with Crippen LogP contribution in [0.3, 0.4) is 0 Å². The van der Waals surface area contributed by atoms with Gasteiger partial charge in [-0.2, -0.15) is 4.72 Å². The van der Waals surface area contributed by atoms with Crippen molar-refractivity contribution >= 4 is 15.9 Å². The molecule has 1 saturated heterocycles. The number of halogens is 1. The minimum Gasteiger partial charge on any atom is -0.465 e. The highest BCUT2D eigenvalue weighted by Crippen LogP contribution is 2.23. The third-order valence-electron chi connectivity index (χ3n) is 5.40. The van der Waals surface area contributed by atoms with Gasteiger partial charge in [0.2, 0.25) is 15.9 Å². The molecule has 0 aliphatic carbocycles. The third kappa shape index (κ3) is 5.94. The van der Waals surface area contributed by atoms with E-state index in [1.807, 2.05) is 19.1 Å². The number of nitrogens with zero attached hydrogens (tertiary/aromatic N) is 1. The zero-order valence-corrected chi connectivity index (χ0v) is 19.3. The second-order valence-electron chi connectivity index (χ2n) is 8.13. The van der Waals surface area contributed by atoms with Gasteiger partial charge in [-0.1, -0.05) is 26.0 Å². The first-order chi connectivity index (χ1) is 15.2. The summed E-state index contributed by atoms with van der Waals surface area (Å²) in [5.41, 5.74) is 0. The molecule has 1 amide bonds. The first-order valence-electron chi connectivity index (χ1n) is 10.6. The second kappa shape index (κ2) is 10.6. The minimum absolute atomic E-state index is 0.215. The average Bonchev–Trinajstić information content (AvgIpc) is 3.18. The quantitative estimate of drug-likeness (QED) is 0.587. The molecule has 2 heterocycles. The summed E-state index contributed by atoms with van der Waals surface area (Å²) >= 11 is 0. The zero-order valence-electron chi connectivity index (χ0n) is 18.5. The third-order valence-corrected chi connectivity index (χ3v) is 6.88. The monoisotopic (exact) mass is 467 g/mol. The van der Waals surface area contributed by atoms with Crippen LogP contribution in [-0.2, 0) is 19.6 Å². The summed E-state index contributed by atoms with van der Waals surface area (Å²) in [7, 11) is -4.22. The molecule has 0 bridgehead atoms. The van der Waals surface area contributed by atoms with Crippen LogP contribution in [0.4, 0.5) is 4.39 Å². The molecule has 1 fully saturated rings. The first kappa shape index (κ1) is 24.4. The fraction of sp³-hybridized carbons (Fsp3) is 0.500. The van der Waals surface area contributed by atoms with Crippen LogP contribution in [0.15, 0.2) is 45.7 Å². The molecule has 1 aromatic heterocycles. The highest BCUT2D eigenvalue weighted by Gasteiger charge is 2.31. The highest BCUT2D eigenvalue weighted by molar-refractivity contribution is 7.89. The molecule has 1 unspecified atom stereocenters. The molecule has 1 aliphatic heterocycles. The number of hydrogen-bond donors (Lipinski definition) is 2. The normalized spacial score (nSPS) is 17.3. The number of ether oxygens (including phenoxy) is 1. The molecule has 8 nitrogen and oxygen atoms in total. The number of sulfonamides is 1. The van der Waals surface area contributed by atoms with Crippen molar-refractivity contribution < 1.29 is 26.8 Å². The predicted octanol–water partition coefficient (Wildman–Crippen LogP) is 2.22. The number of amides is 1. The van der Waals surface area contributed by atoms with Crippen molar-refractivity contribution in [2.75, 3.05) is 32.8 Å². The molecule has 0 radical (unpaired) electrons. The smallest absolute Gasteiger partial charge is 0.244 e. The Morgan fingerprint density at radius 1 is 1.16 bits per heavy atom. The number of morpholine rings is 1. The lowest BCUT2D eigenvalue weighted by molar-refractivity contribution is -0.124. The van der Waals surface area contributed by atoms with Crippen LogP contribution in [0.25, 0.3) is 0 Å². The summed E-state index contributed by atoms with van der Waals surface area (Å²) in [5, 5.41) is 2.86. The largest absolute Gasteiger partial charge is 0.465 e. The molecule has 0 saturated carbocycles. The Morgan fingerprint density at radius 2 is 1.84 bits per heavy atom. The van der Waals surface area contributed by atoms with Crippen LogP contribution in [0, 0.1) is 18.7 Å². The summed E-state index contributed by atoms with van der Waals surface area (Å²) in [5.74, 6) is -0.228. The van der Waals surface area contributed by atoms with Gasteiger partial charge in [-0.15, -0.1) is 0 Å². The van der Waals surface area contributed by atoms with Crippen molar-refractivity contribution in [2.45, 2.75) is 37.8 Å². The maximum atomic E-state index is 14.0. The molecule has 10 heteroatoms. The molecule has 3 rings (SSSR count). The van der Waals surface area contributed by atoms with Gasteiger partial charge in [0.25, 0.3) is 0 Å². The fourth-order valence-corrected chi connectivity index (χ4v) is 5.05. The lowest BCUT2D eigenvalue weighted by Gasteiger charge is -2.34. The molecule has 2 aromatic rings. The lowest BCUT2D eigenvalue weighted by Crippen LogP contribution is -2.51. The van der Waals surface area contributed by atoms with Gasteiger partial charge in [0, 0.05) is 19.6 Å². The molecule has 0 spiro atoms. The maximum absolute atomic E-state index is 14.0. The van der Waals surface area contributed by atoms with Crippen LogP contribution in [0.1, 0.15) is 31.4 Å². The highest BCUT2D eigenvalue weighted by atomic mass is 32.2. The Morgan fingerprint density at radius 3 is 2.44 bits per heavy atom. The van der Waals surface area contributed by atoms with E-state index in [-0.39, 0.29) is 18.5 Å². The van der Waals surface area contributed by atoms with Gasteiger partial charge < -0.3 is 14.5 Å². The van der Waals surface area contributed by atoms with Crippen molar-refractivity contribution in [2.24, 2.45) is 5.92 Å². The number of furan rings is 1. The summed E-state index contributed by atoms with van der Waals surface area (Å²) in [6, 6.07) is 7.53. The van der Waals surface area contributed by atoms with Gasteiger partial charge in [-0.3, -0.25) is 9.69 Å². The molecule has 2 N–H and O–H groups in total. The number of hydrogen-bond acceptors (Lipinski definition) is 6. The van der Waals surface area contributed by atoms with E-state index in [1.54, 1.807) is 13.8 Å². The van der Waals surface area contributed by atoms with E-state index in [4.69, 9.17) is 9.15 Å². The van der Waals surface area contributed by atoms with Crippen molar-refractivity contribution in [3.05, 3.63) is 53.7 Å². The number of rotatable bonds is 9. The molecular formula is C22H30FN3O5S. The molecule has 2 atom stereocenters. The SMILES string of the molecule is Cc1ccc(C(CNC(=O)[C@@H](NS(=O)(=O)c2ccccc2F)C(C)C)N2CCOCC2)o1. The summed E-state index contributed by atoms with van der Waals surface area (Å²) in [4.78, 5) is 14.7. The van der Waals surface area contributed by atoms with Crippen LogP contribution >= 0.6 is 0 Å². The van der Waals surface area contributed by atoms with Gasteiger partial charge in [0.15, 0.2) is 0 Å². The maximum Gasteiger partial charge on any atom is 0.244 e. The van der Waals surface area contributed by atoms with Crippen LogP contribution in [0.5, 0.6) is 0 Å². The van der Waals surface area contributed by atoms with Gasteiger partial charge in [-0.25, -0.2) is 12.8 Å². The van der Waals surface area contributed by atoms with Crippen molar-refractivity contribution in [3.63, 3.8) is 0 Å². The molecule has 1 aliphatic rings. The van der Waals surface area contributed by atoms with E-state index in [2.05, 4.69) is 14.9 Å². The van der Waals surface area contributed by atoms with E-state index < -0.39 is 32.7 Å². The van der Waals surface area contributed by atoms with Crippen molar-refractivity contribution in [1.29, 1.82) is 0 Å². The molecule has 32 heavy (non-hydrogen) atoms. The van der Waals surface area contributed by atoms with E-state index in [1.165, 1.54) is 18.2 Å². The van der Waals surface area contributed by atoms with Gasteiger partial charge in [0.05, 0.1) is 19.3 Å². The molecule has 176 valence electrons. The Bertz CT molecular complexity index is 1020. The topological polar surface area (TPSA) is 101 Å². The Kier molecular flexibility index (Phi) is 8.05. The Hall–Kier alpha value is -2.27. The first-order valence-corrected chi connectivity index (χ1v) is 12.1. The lowest BCUT2D eigenvalue weighted by atomic mass is 10.0. The van der Waals surface area contributed by atoms with Gasteiger partial charge in [0.1, 0.15) is 28.3 Å². The van der Waals surface area contributed by atoms with E-state index >= 15 is 0 Å². The number of carbonyl (C=O) groups is 1. The standard InChI is InChI=1S/C22H30FN3O5S/c1-15(2)21(25-32(28,29)20-7-5-4-6-17(20)23)22(27)24-14-18(19-9-8-16(3)31-19)26-10-12-30-13-11-26/h4-9,15,18,21,25H,10-14H2,1-3H3,(H,24,27)/t18?,21-/m0/s1. The second-order valence-corrected chi connectivity index (χ2v) is 9.81. The number of carbonyl (C=O) groups excluding carboxylic acids is 1. The Balaban J connectivity index is 1.73. The van der Waals surface area contributed by atoms with E-state index in [0.29, 0.717) is 26.3 Å². The van der Waals surface area contributed by atoms with Crippen LogP contribution in [0.2, 0.25) is 0 Å². The zero-order chi connectivity index (χ0) is 23.3. The van der Waals surface area contributed by atoms with Crippen LogP contribution < -0.4 is 10.0 Å². The molecular weight excluding hydrogens is 437 g/mol. The van der Waals surface area contributed by atoms with Crippen molar-refractivity contribution in [1.82, 2.24) is 14.9 Å². The number of aryl methyl sites for hydroxylation is 1. The number of nitrogens with one attached hydrogen (secondary N) is 2. The average molecular weight is 468 g/mol. The summed E-state index contributed by atoms with van der Waals surface area (Å²) in [6.07, 6.45) is 0. The number of benzene rings is 1. The van der Waals surface area contributed by atoms with E-state index in [0.717, 1.165) is 17.6 Å². The van der Waals surface area contributed by atoms with Crippen molar-refractivity contribution in [3.8, 4) is 0 Å². The van der Waals surface area contributed by atoms with Crippen LogP contribution in [-0.4, -0.2) is 58.1 Å². The fourth-order valence-electron chi connectivity index (χ4n) is 3.62. The summed E-state index contributed by atoms with van der Waals surface area (Å²) in [6.45, 7) is 8.08. The minimum atomic E-state index is -4.22. The predicted molar refractivity (Wildman–Crippen MR) is 117 cm³/mol. The summed E-state index contributed by atoms with van der Waals surface area (Å²) < 4.78 is 53.1. The van der Waals surface area contributed by atoms with Gasteiger partial charge in [-0.05, 0) is 37.1 Å².